The fourth-order valence-electron chi connectivity index (χ4n) is 11.2. The van der Waals surface area contributed by atoms with Crippen LogP contribution in [-0.2, 0) is 4.79 Å². The number of allylic oxidation sites excluding steroid dienone is 1. The average Bonchev–Trinajstić information content (AvgIpc) is 3.09. The van der Waals surface area contributed by atoms with E-state index < -0.39 is 23.7 Å². The number of aliphatic hydroxyl groups is 4. The molecule has 0 heterocycles. The van der Waals surface area contributed by atoms with Crippen molar-refractivity contribution in [3.63, 3.8) is 0 Å². The molecule has 0 aromatic rings. The molecule has 35 heavy (non-hydrogen) atoms. The monoisotopic (exact) mass is 488 g/mol. The van der Waals surface area contributed by atoms with Gasteiger partial charge in [0.15, 0.2) is 5.78 Å². The summed E-state index contributed by atoms with van der Waals surface area (Å²) in [5, 5.41) is 45.0. The van der Waals surface area contributed by atoms with Crippen molar-refractivity contribution >= 4 is 5.78 Å². The van der Waals surface area contributed by atoms with E-state index in [9.17, 15) is 25.2 Å². The number of carbonyl (C=O) groups is 1. The Morgan fingerprint density at radius 3 is 2.23 bits per heavy atom. The molecule has 11 atom stereocenters. The van der Waals surface area contributed by atoms with E-state index in [-0.39, 0.29) is 57.7 Å². The van der Waals surface area contributed by atoms with Crippen LogP contribution in [0.4, 0.5) is 0 Å². The molecule has 0 radical (unpaired) electrons. The predicted molar refractivity (Wildman–Crippen MR) is 135 cm³/mol. The van der Waals surface area contributed by atoms with Crippen molar-refractivity contribution in [1.82, 2.24) is 0 Å². The summed E-state index contributed by atoms with van der Waals surface area (Å²) in [6.45, 7) is 15.3. The van der Waals surface area contributed by atoms with E-state index >= 15 is 0 Å². The van der Waals surface area contributed by atoms with Crippen molar-refractivity contribution in [2.75, 3.05) is 6.61 Å². The molecule has 0 amide bonds. The minimum atomic E-state index is -0.971. The lowest BCUT2D eigenvalue weighted by Crippen LogP contribution is -2.67. The maximum atomic E-state index is 13.0. The van der Waals surface area contributed by atoms with Gasteiger partial charge in [-0.1, -0.05) is 60.1 Å². The predicted octanol–water partition coefficient (Wildman–Crippen LogP) is 4.12. The zero-order chi connectivity index (χ0) is 25.9. The quantitative estimate of drug-likeness (QED) is 0.439. The van der Waals surface area contributed by atoms with Crippen LogP contribution in [0.15, 0.2) is 11.6 Å². The van der Waals surface area contributed by atoms with Crippen LogP contribution < -0.4 is 0 Å². The van der Waals surface area contributed by atoms with Gasteiger partial charge in [-0.05, 0) is 78.4 Å². The Labute approximate surface area is 211 Å². The molecule has 5 aliphatic carbocycles. The molecule has 4 fully saturated rings. The molecule has 0 aliphatic heterocycles. The third-order valence-electron chi connectivity index (χ3n) is 12.9. The lowest BCUT2D eigenvalue weighted by atomic mass is 9.35. The van der Waals surface area contributed by atoms with Gasteiger partial charge < -0.3 is 20.4 Å². The van der Waals surface area contributed by atoms with Crippen LogP contribution in [0.25, 0.3) is 0 Å². The Morgan fingerprint density at radius 2 is 1.63 bits per heavy atom. The molecule has 0 bridgehead atoms. The molecule has 5 rings (SSSR count). The Hall–Kier alpha value is -0.750. The summed E-state index contributed by atoms with van der Waals surface area (Å²) in [5.74, 6) is 0.485. The molecule has 2 unspecified atom stereocenters. The molecular formula is C30H48O5. The van der Waals surface area contributed by atoms with Crippen LogP contribution in [0.2, 0.25) is 0 Å². The van der Waals surface area contributed by atoms with E-state index in [1.807, 2.05) is 13.8 Å². The van der Waals surface area contributed by atoms with Crippen molar-refractivity contribution in [3.8, 4) is 0 Å². The van der Waals surface area contributed by atoms with Crippen molar-refractivity contribution in [2.45, 2.75) is 105 Å². The Morgan fingerprint density at radius 1 is 0.971 bits per heavy atom. The van der Waals surface area contributed by atoms with Gasteiger partial charge in [0.25, 0.3) is 0 Å². The van der Waals surface area contributed by atoms with Gasteiger partial charge in [-0.3, -0.25) is 4.79 Å². The van der Waals surface area contributed by atoms with Crippen LogP contribution in [0.3, 0.4) is 0 Å². The number of aliphatic hydroxyl groups excluding tert-OH is 4. The highest BCUT2D eigenvalue weighted by atomic mass is 16.3. The third-order valence-corrected chi connectivity index (χ3v) is 12.9. The first-order chi connectivity index (χ1) is 16.1. The van der Waals surface area contributed by atoms with E-state index in [0.29, 0.717) is 18.8 Å². The van der Waals surface area contributed by atoms with Crippen molar-refractivity contribution in [3.05, 3.63) is 11.6 Å². The zero-order valence-corrected chi connectivity index (χ0v) is 22.8. The van der Waals surface area contributed by atoms with Crippen molar-refractivity contribution < 1.29 is 25.2 Å². The van der Waals surface area contributed by atoms with Crippen molar-refractivity contribution in [2.24, 2.45) is 56.7 Å². The van der Waals surface area contributed by atoms with Gasteiger partial charge >= 0.3 is 0 Å². The van der Waals surface area contributed by atoms with Crippen LogP contribution >= 0.6 is 0 Å². The second-order valence-electron chi connectivity index (χ2n) is 14.8. The number of hydrogen-bond donors (Lipinski definition) is 4. The first-order valence-electron chi connectivity index (χ1n) is 14.0. The highest BCUT2D eigenvalue weighted by Crippen LogP contribution is 2.76. The largest absolute Gasteiger partial charge is 0.396 e. The fourth-order valence-corrected chi connectivity index (χ4v) is 11.2. The van der Waals surface area contributed by atoms with Gasteiger partial charge in [-0.25, -0.2) is 0 Å². The molecule has 0 spiro atoms. The lowest BCUT2D eigenvalue weighted by molar-refractivity contribution is -0.209. The van der Waals surface area contributed by atoms with Gasteiger partial charge in [0.1, 0.15) is 6.10 Å². The molecule has 0 aromatic carbocycles. The molecule has 0 aromatic heterocycles. The second kappa shape index (κ2) is 7.65. The van der Waals surface area contributed by atoms with Gasteiger partial charge in [-0.2, -0.15) is 0 Å². The summed E-state index contributed by atoms with van der Waals surface area (Å²) in [6, 6.07) is 0. The third kappa shape index (κ3) is 2.93. The van der Waals surface area contributed by atoms with E-state index in [1.54, 1.807) is 0 Å². The summed E-state index contributed by atoms with van der Waals surface area (Å²) in [4.78, 5) is 13.0. The SMILES string of the molecule is CC(C)[C@@H]1C[C@@H](O)C2[C@@]1(CO)CC[C@@]1(C)[C@H]3C(=CC[C@]21C)[C@@]1(C)C[C@@H](O)C(=O)C(C)(C)C1C[C@@H]3O. The molecule has 5 nitrogen and oxygen atoms in total. The molecule has 4 saturated carbocycles. The normalized spacial score (nSPS) is 55.0. The van der Waals surface area contributed by atoms with Crippen LogP contribution in [0, 0.1) is 56.7 Å². The topological polar surface area (TPSA) is 98.0 Å². The smallest absolute Gasteiger partial charge is 0.167 e. The number of hydrogen-bond acceptors (Lipinski definition) is 5. The summed E-state index contributed by atoms with van der Waals surface area (Å²) in [6.07, 6.45) is 4.61. The Balaban J connectivity index is 1.64. The highest BCUT2D eigenvalue weighted by molar-refractivity contribution is 5.89. The number of carbonyl (C=O) groups excluding carboxylic acids is 1. The fraction of sp³-hybridized carbons (Fsp3) is 0.900. The van der Waals surface area contributed by atoms with E-state index in [2.05, 4.69) is 40.7 Å². The highest BCUT2D eigenvalue weighted by Gasteiger charge is 2.72. The van der Waals surface area contributed by atoms with Crippen LogP contribution in [0.5, 0.6) is 0 Å². The maximum Gasteiger partial charge on any atom is 0.167 e. The molecule has 0 saturated heterocycles. The van der Waals surface area contributed by atoms with E-state index in [1.165, 1.54) is 5.57 Å². The number of rotatable bonds is 2. The molecule has 5 aliphatic rings. The van der Waals surface area contributed by atoms with Gasteiger partial charge in [0.2, 0.25) is 0 Å². The molecular weight excluding hydrogens is 440 g/mol. The summed E-state index contributed by atoms with van der Waals surface area (Å²) >= 11 is 0. The standard InChI is InChI=1S/C30H48O5/c1-16(2)18-12-20(33)24-29(7)9-8-17-23(28(29,6)10-11-30(18,24)15-31)19(32)13-22-26(3,4)25(35)21(34)14-27(17,22)5/h8,16,18-24,31-34H,9-15H2,1-7H3/t18-,19-,20+,21+,22?,23-,24?,27+,28-,29+,30+/m0/s1. The Kier molecular flexibility index (Phi) is 5.65. The van der Waals surface area contributed by atoms with E-state index in [0.717, 1.165) is 25.7 Å². The average molecular weight is 489 g/mol. The summed E-state index contributed by atoms with van der Waals surface area (Å²) < 4.78 is 0. The summed E-state index contributed by atoms with van der Waals surface area (Å²) in [5.41, 5.74) is -0.582. The van der Waals surface area contributed by atoms with E-state index in [4.69, 9.17) is 0 Å². The van der Waals surface area contributed by atoms with Crippen LogP contribution in [-0.4, -0.2) is 51.1 Å². The second-order valence-corrected chi connectivity index (χ2v) is 14.8. The summed E-state index contributed by atoms with van der Waals surface area (Å²) in [7, 11) is 0. The minimum absolute atomic E-state index is 0.0149. The number of fused-ring (bicyclic) bond motifs is 7. The van der Waals surface area contributed by atoms with Crippen LogP contribution in [0.1, 0.15) is 87.0 Å². The molecule has 5 heteroatoms. The zero-order valence-electron chi connectivity index (χ0n) is 22.8. The maximum absolute atomic E-state index is 13.0. The number of Topliss-reactive ketones (excluding diaryl/α,β-unsaturated/α-hetero) is 1. The lowest BCUT2D eigenvalue weighted by Gasteiger charge is -2.70. The first-order valence-corrected chi connectivity index (χ1v) is 14.0. The van der Waals surface area contributed by atoms with Crippen molar-refractivity contribution in [1.29, 1.82) is 0 Å². The van der Waals surface area contributed by atoms with Gasteiger partial charge in [-0.15, -0.1) is 0 Å². The first kappa shape index (κ1) is 25.9. The molecule has 198 valence electrons. The van der Waals surface area contributed by atoms with Gasteiger partial charge in [0, 0.05) is 23.4 Å². The Bertz CT molecular complexity index is 939. The van der Waals surface area contributed by atoms with Gasteiger partial charge in [0.05, 0.1) is 12.2 Å². The molecule has 4 N–H and O–H groups in total. The minimum Gasteiger partial charge on any atom is -0.396 e. The number of ketones is 1.